The average molecular weight is 341 g/mol. The van der Waals surface area contributed by atoms with Gasteiger partial charge in [0.15, 0.2) is 0 Å². The maximum Gasteiger partial charge on any atom is 0.327 e. The number of rotatable bonds is 3. The minimum absolute atomic E-state index is 0.0718. The zero-order valence-corrected chi connectivity index (χ0v) is 14.0. The van der Waals surface area contributed by atoms with Crippen LogP contribution in [0.5, 0.6) is 0 Å². The van der Waals surface area contributed by atoms with E-state index in [1.165, 1.54) is 0 Å². The molecule has 1 aromatic heterocycles. The first-order valence-electron chi connectivity index (χ1n) is 8.00. The monoisotopic (exact) mass is 341 g/mol. The third kappa shape index (κ3) is 3.68. The average Bonchev–Trinajstić information content (AvgIpc) is 3.36. The van der Waals surface area contributed by atoms with Gasteiger partial charge in [0.2, 0.25) is 0 Å². The summed E-state index contributed by atoms with van der Waals surface area (Å²) in [6.45, 7) is 3.48. The summed E-state index contributed by atoms with van der Waals surface area (Å²) in [7, 11) is 0. The van der Waals surface area contributed by atoms with Crippen molar-refractivity contribution in [1.29, 1.82) is 0 Å². The SMILES string of the molecule is Cc1nn(-c2ccccc2)c(C)c1C(=O)NNC(=O)C(=O)NC1CC1. The molecule has 1 heterocycles. The van der Waals surface area contributed by atoms with Gasteiger partial charge in [0.1, 0.15) is 0 Å². The smallest absolute Gasteiger partial charge is 0.327 e. The quantitative estimate of drug-likeness (QED) is 0.559. The number of benzene rings is 1. The molecule has 1 fully saturated rings. The second kappa shape index (κ2) is 6.76. The normalized spacial score (nSPS) is 13.2. The van der Waals surface area contributed by atoms with Gasteiger partial charge < -0.3 is 5.32 Å². The summed E-state index contributed by atoms with van der Waals surface area (Å²) in [5.41, 5.74) is 6.74. The standard InChI is InChI=1S/C17H19N5O3/c1-10-14(11(2)22(21-10)13-6-4-3-5-7-13)15(23)19-20-17(25)16(24)18-12-8-9-12/h3-7,12H,8-9H2,1-2H3,(H,18,24)(H,19,23)(H,20,25). The van der Waals surface area contributed by atoms with Crippen molar-refractivity contribution in [2.75, 3.05) is 0 Å². The van der Waals surface area contributed by atoms with E-state index in [0.717, 1.165) is 18.5 Å². The lowest BCUT2D eigenvalue weighted by Crippen LogP contribution is -2.49. The van der Waals surface area contributed by atoms with Crippen molar-refractivity contribution in [2.24, 2.45) is 0 Å². The lowest BCUT2D eigenvalue weighted by molar-refractivity contribution is -0.139. The van der Waals surface area contributed by atoms with Gasteiger partial charge in [-0.1, -0.05) is 18.2 Å². The van der Waals surface area contributed by atoms with Gasteiger partial charge in [-0.2, -0.15) is 5.10 Å². The molecule has 0 unspecified atom stereocenters. The molecule has 0 aliphatic heterocycles. The van der Waals surface area contributed by atoms with Gasteiger partial charge in [-0.05, 0) is 38.8 Å². The van der Waals surface area contributed by atoms with E-state index in [1.807, 2.05) is 30.3 Å². The number of para-hydroxylation sites is 1. The van der Waals surface area contributed by atoms with Gasteiger partial charge >= 0.3 is 11.8 Å². The van der Waals surface area contributed by atoms with E-state index in [2.05, 4.69) is 21.3 Å². The van der Waals surface area contributed by atoms with Crippen molar-refractivity contribution in [3.05, 3.63) is 47.3 Å². The zero-order chi connectivity index (χ0) is 18.0. The van der Waals surface area contributed by atoms with Crippen molar-refractivity contribution in [3.63, 3.8) is 0 Å². The van der Waals surface area contributed by atoms with Crippen molar-refractivity contribution in [2.45, 2.75) is 32.7 Å². The molecular weight excluding hydrogens is 322 g/mol. The fourth-order valence-corrected chi connectivity index (χ4v) is 2.50. The first-order valence-corrected chi connectivity index (χ1v) is 8.00. The van der Waals surface area contributed by atoms with E-state index in [4.69, 9.17) is 0 Å². The number of carbonyl (C=O) groups is 3. The number of hydrazine groups is 1. The molecule has 0 bridgehead atoms. The highest BCUT2D eigenvalue weighted by atomic mass is 16.2. The Balaban J connectivity index is 1.69. The summed E-state index contributed by atoms with van der Waals surface area (Å²) in [6, 6.07) is 9.48. The number of amides is 3. The lowest BCUT2D eigenvalue weighted by Gasteiger charge is -2.08. The largest absolute Gasteiger partial charge is 0.345 e. The summed E-state index contributed by atoms with van der Waals surface area (Å²) in [4.78, 5) is 35.6. The minimum atomic E-state index is -0.897. The molecule has 0 saturated heterocycles. The van der Waals surface area contributed by atoms with Crippen molar-refractivity contribution < 1.29 is 14.4 Å². The molecule has 0 atom stereocenters. The molecule has 0 radical (unpaired) electrons. The Kier molecular flexibility index (Phi) is 4.51. The van der Waals surface area contributed by atoms with Crippen LogP contribution < -0.4 is 16.2 Å². The van der Waals surface area contributed by atoms with Crippen LogP contribution in [0, 0.1) is 13.8 Å². The van der Waals surface area contributed by atoms with E-state index >= 15 is 0 Å². The Morgan fingerprint density at radius 1 is 1.04 bits per heavy atom. The number of nitrogens with one attached hydrogen (secondary N) is 3. The molecule has 8 heteroatoms. The summed E-state index contributed by atoms with van der Waals surface area (Å²) in [6.07, 6.45) is 1.75. The molecule has 3 rings (SSSR count). The maximum absolute atomic E-state index is 12.4. The fourth-order valence-electron chi connectivity index (χ4n) is 2.50. The van der Waals surface area contributed by atoms with Crippen LogP contribution >= 0.6 is 0 Å². The molecule has 1 aliphatic carbocycles. The van der Waals surface area contributed by atoms with Crippen molar-refractivity contribution in [1.82, 2.24) is 25.9 Å². The summed E-state index contributed by atoms with van der Waals surface area (Å²) in [5, 5.41) is 6.92. The van der Waals surface area contributed by atoms with Gasteiger partial charge in [-0.25, -0.2) is 4.68 Å². The maximum atomic E-state index is 12.4. The molecule has 0 spiro atoms. The van der Waals surface area contributed by atoms with Crippen LogP contribution in [-0.4, -0.2) is 33.5 Å². The Bertz CT molecular complexity index is 824. The van der Waals surface area contributed by atoms with Gasteiger partial charge in [0.25, 0.3) is 5.91 Å². The van der Waals surface area contributed by atoms with E-state index in [1.54, 1.807) is 18.5 Å². The molecule has 130 valence electrons. The molecule has 1 aromatic carbocycles. The molecule has 1 saturated carbocycles. The molecule has 3 N–H and O–H groups in total. The number of hydrogen-bond donors (Lipinski definition) is 3. The first kappa shape index (κ1) is 16.7. The predicted molar refractivity (Wildman–Crippen MR) is 89.8 cm³/mol. The van der Waals surface area contributed by atoms with Crippen LogP contribution in [0.2, 0.25) is 0 Å². The molecule has 3 amide bonds. The number of aromatic nitrogens is 2. The first-order chi connectivity index (χ1) is 12.0. The van der Waals surface area contributed by atoms with Crippen molar-refractivity contribution >= 4 is 17.7 Å². The number of nitrogens with zero attached hydrogens (tertiary/aromatic N) is 2. The molecule has 2 aromatic rings. The topological polar surface area (TPSA) is 105 Å². The zero-order valence-electron chi connectivity index (χ0n) is 14.0. The predicted octanol–water partition coefficient (Wildman–Crippen LogP) is 0.529. The molecular formula is C17H19N5O3. The van der Waals surface area contributed by atoms with Crippen molar-refractivity contribution in [3.8, 4) is 5.69 Å². The third-order valence-electron chi connectivity index (χ3n) is 3.93. The van der Waals surface area contributed by atoms with Crippen LogP contribution in [0.3, 0.4) is 0 Å². The lowest BCUT2D eigenvalue weighted by atomic mass is 10.2. The minimum Gasteiger partial charge on any atom is -0.345 e. The fraction of sp³-hybridized carbons (Fsp3) is 0.294. The number of hydrogen-bond acceptors (Lipinski definition) is 4. The Morgan fingerprint density at radius 3 is 2.36 bits per heavy atom. The van der Waals surface area contributed by atoms with Gasteiger partial charge in [-0.3, -0.25) is 25.2 Å². The van der Waals surface area contributed by atoms with Gasteiger partial charge in [0.05, 0.1) is 22.6 Å². The summed E-state index contributed by atoms with van der Waals surface area (Å²) < 4.78 is 1.66. The van der Waals surface area contributed by atoms with E-state index in [9.17, 15) is 14.4 Å². The van der Waals surface area contributed by atoms with Gasteiger partial charge in [0, 0.05) is 6.04 Å². The summed E-state index contributed by atoms with van der Waals surface area (Å²) in [5.74, 6) is -2.17. The van der Waals surface area contributed by atoms with Crippen LogP contribution in [0.15, 0.2) is 30.3 Å². The molecule has 8 nitrogen and oxygen atoms in total. The molecule has 25 heavy (non-hydrogen) atoms. The van der Waals surface area contributed by atoms with E-state index < -0.39 is 17.7 Å². The second-order valence-corrected chi connectivity index (χ2v) is 5.95. The number of aryl methyl sites for hydroxylation is 1. The van der Waals surface area contributed by atoms with Crippen LogP contribution in [-0.2, 0) is 9.59 Å². The molecule has 1 aliphatic rings. The van der Waals surface area contributed by atoms with Crippen LogP contribution in [0.25, 0.3) is 5.69 Å². The second-order valence-electron chi connectivity index (χ2n) is 5.95. The highest BCUT2D eigenvalue weighted by Crippen LogP contribution is 2.18. The number of carbonyl (C=O) groups excluding carboxylic acids is 3. The Morgan fingerprint density at radius 2 is 1.72 bits per heavy atom. The van der Waals surface area contributed by atoms with Gasteiger partial charge in [-0.15, -0.1) is 0 Å². The van der Waals surface area contributed by atoms with Crippen LogP contribution in [0.4, 0.5) is 0 Å². The highest BCUT2D eigenvalue weighted by molar-refractivity contribution is 6.35. The Hall–Kier alpha value is -3.16. The highest BCUT2D eigenvalue weighted by Gasteiger charge is 2.27. The summed E-state index contributed by atoms with van der Waals surface area (Å²) >= 11 is 0. The van der Waals surface area contributed by atoms with E-state index in [-0.39, 0.29) is 6.04 Å². The van der Waals surface area contributed by atoms with E-state index in [0.29, 0.717) is 17.0 Å². The Labute approximate surface area is 144 Å². The van der Waals surface area contributed by atoms with Crippen LogP contribution in [0.1, 0.15) is 34.6 Å². The third-order valence-corrected chi connectivity index (χ3v) is 3.93.